The van der Waals surface area contributed by atoms with Crippen LogP contribution in [0.1, 0.15) is 11.1 Å². The number of rotatable bonds is 4. The number of nitrogens with zero attached hydrogens (tertiary/aromatic N) is 4. The van der Waals surface area contributed by atoms with Gasteiger partial charge in [-0.3, -0.25) is 0 Å². The molecule has 9 rings (SSSR count). The van der Waals surface area contributed by atoms with Crippen molar-refractivity contribution in [3.05, 3.63) is 132 Å². The van der Waals surface area contributed by atoms with Gasteiger partial charge in [-0.25, -0.2) is 0 Å². The molecule has 0 unspecified atom stereocenters. The molecule has 5 heteroatoms. The fourth-order valence-electron chi connectivity index (χ4n) is 7.30. The monoisotopic (exact) mass is 608 g/mol. The van der Waals surface area contributed by atoms with Crippen LogP contribution in [0.2, 0.25) is 0 Å². The molecule has 3 aromatic heterocycles. The third-order valence-corrected chi connectivity index (χ3v) is 9.83. The Balaban J connectivity index is 1.02. The van der Waals surface area contributed by atoms with E-state index in [2.05, 4.69) is 169 Å². The molecular formula is C42H32N4O. The Hall–Kier alpha value is -5.94. The summed E-state index contributed by atoms with van der Waals surface area (Å²) >= 11 is 0. The average Bonchev–Trinajstić information content (AvgIpc) is 3.78. The van der Waals surface area contributed by atoms with Crippen molar-refractivity contribution in [3.63, 3.8) is 0 Å². The zero-order valence-electron chi connectivity index (χ0n) is 26.7. The number of hydrogen-bond acceptors (Lipinski definition) is 3. The van der Waals surface area contributed by atoms with E-state index in [1.54, 1.807) is 0 Å². The summed E-state index contributed by atoms with van der Waals surface area (Å²) < 4.78 is 10.8. The summed E-state index contributed by atoms with van der Waals surface area (Å²) in [7, 11) is 4.26. The van der Waals surface area contributed by atoms with Gasteiger partial charge >= 0.3 is 0 Å². The number of fused-ring (bicyclic) bond motifs is 6. The number of aromatic nitrogens is 4. The van der Waals surface area contributed by atoms with Gasteiger partial charge in [0.25, 0.3) is 0 Å². The van der Waals surface area contributed by atoms with Crippen LogP contribution in [0.5, 0.6) is 0 Å². The molecule has 0 amide bonds. The molecule has 0 aliphatic carbocycles. The van der Waals surface area contributed by atoms with Gasteiger partial charge in [0.2, 0.25) is 11.8 Å². The lowest BCUT2D eigenvalue weighted by atomic mass is 9.98. The first kappa shape index (κ1) is 27.4. The number of benzene rings is 6. The molecule has 6 aromatic carbocycles. The van der Waals surface area contributed by atoms with Crippen molar-refractivity contribution >= 4 is 43.6 Å². The predicted octanol–water partition coefficient (Wildman–Crippen LogP) is 10.6. The Labute approximate surface area is 272 Å². The summed E-state index contributed by atoms with van der Waals surface area (Å²) in [5.74, 6) is 1.05. The van der Waals surface area contributed by atoms with E-state index >= 15 is 0 Å². The van der Waals surface area contributed by atoms with Crippen LogP contribution < -0.4 is 0 Å². The lowest BCUT2D eigenvalue weighted by Gasteiger charge is -2.08. The second-order valence-corrected chi connectivity index (χ2v) is 12.6. The van der Waals surface area contributed by atoms with Crippen molar-refractivity contribution in [2.75, 3.05) is 0 Å². The molecular weight excluding hydrogens is 576 g/mol. The lowest BCUT2D eigenvalue weighted by Crippen LogP contribution is -1.88. The van der Waals surface area contributed by atoms with Gasteiger partial charge in [0, 0.05) is 68.8 Å². The Morgan fingerprint density at radius 2 is 0.809 bits per heavy atom. The van der Waals surface area contributed by atoms with Crippen molar-refractivity contribution in [2.24, 2.45) is 14.1 Å². The van der Waals surface area contributed by atoms with Crippen molar-refractivity contribution in [1.82, 2.24) is 19.3 Å². The largest absolute Gasteiger partial charge is 0.416 e. The highest BCUT2D eigenvalue weighted by Crippen LogP contribution is 2.36. The number of aryl methyl sites for hydroxylation is 4. The summed E-state index contributed by atoms with van der Waals surface area (Å²) in [4.78, 5) is 0. The maximum absolute atomic E-state index is 6.30. The third kappa shape index (κ3) is 4.23. The van der Waals surface area contributed by atoms with Gasteiger partial charge in [-0.15, -0.1) is 10.2 Å². The van der Waals surface area contributed by atoms with E-state index in [0.717, 1.165) is 33.4 Å². The van der Waals surface area contributed by atoms with Crippen molar-refractivity contribution < 1.29 is 4.42 Å². The molecule has 0 fully saturated rings. The SMILES string of the molecule is Cc1cc(-c2ccc3c(c2)c2ccccc2n3C)ccc1-c1nnc(-c2ccc(-c3ccc4c(c3)c3ccccc3n4C)cc2C)o1. The highest BCUT2D eigenvalue weighted by atomic mass is 16.4. The van der Waals surface area contributed by atoms with Crippen molar-refractivity contribution in [1.29, 1.82) is 0 Å². The van der Waals surface area contributed by atoms with E-state index in [1.165, 1.54) is 54.7 Å². The zero-order chi connectivity index (χ0) is 31.8. The van der Waals surface area contributed by atoms with E-state index in [0.29, 0.717) is 11.8 Å². The van der Waals surface area contributed by atoms with E-state index in [9.17, 15) is 0 Å². The maximum atomic E-state index is 6.30. The topological polar surface area (TPSA) is 48.8 Å². The highest BCUT2D eigenvalue weighted by Gasteiger charge is 2.17. The van der Waals surface area contributed by atoms with E-state index in [-0.39, 0.29) is 0 Å². The number of para-hydroxylation sites is 2. The molecule has 0 saturated heterocycles. The smallest absolute Gasteiger partial charge is 0.248 e. The summed E-state index contributed by atoms with van der Waals surface area (Å²) in [5.41, 5.74) is 13.7. The van der Waals surface area contributed by atoms with Crippen molar-refractivity contribution in [2.45, 2.75) is 13.8 Å². The normalized spacial score (nSPS) is 11.8. The van der Waals surface area contributed by atoms with Gasteiger partial charge in [0.15, 0.2) is 0 Å². The van der Waals surface area contributed by atoms with Crippen LogP contribution in [-0.4, -0.2) is 19.3 Å². The molecule has 0 atom stereocenters. The molecule has 0 bridgehead atoms. The fraction of sp³-hybridized carbons (Fsp3) is 0.0952. The molecule has 0 spiro atoms. The second kappa shape index (κ2) is 10.3. The van der Waals surface area contributed by atoms with Crippen LogP contribution in [0.15, 0.2) is 126 Å². The van der Waals surface area contributed by atoms with Crippen LogP contribution >= 0.6 is 0 Å². The van der Waals surface area contributed by atoms with E-state index < -0.39 is 0 Å². The minimum atomic E-state index is 0.526. The lowest BCUT2D eigenvalue weighted by molar-refractivity contribution is 0.584. The first-order valence-corrected chi connectivity index (χ1v) is 16.0. The van der Waals surface area contributed by atoms with Gasteiger partial charge in [0.05, 0.1) is 0 Å². The molecule has 9 aromatic rings. The van der Waals surface area contributed by atoms with Crippen LogP contribution in [0, 0.1) is 13.8 Å². The van der Waals surface area contributed by atoms with Crippen LogP contribution in [0.4, 0.5) is 0 Å². The zero-order valence-corrected chi connectivity index (χ0v) is 26.7. The molecule has 3 heterocycles. The average molecular weight is 609 g/mol. The van der Waals surface area contributed by atoms with Crippen molar-refractivity contribution in [3.8, 4) is 45.2 Å². The summed E-state index contributed by atoms with van der Waals surface area (Å²) in [6.45, 7) is 4.21. The summed E-state index contributed by atoms with van der Waals surface area (Å²) in [6, 6.07) is 43.5. The summed E-state index contributed by atoms with van der Waals surface area (Å²) in [5, 5.41) is 14.0. The molecule has 5 nitrogen and oxygen atoms in total. The maximum Gasteiger partial charge on any atom is 0.248 e. The molecule has 47 heavy (non-hydrogen) atoms. The standard InChI is InChI=1S/C42H32N4O/c1-25-21-27(29-15-19-39-35(23-29)33-9-5-7-11-37(33)45(39)3)13-17-31(25)41-43-44-42(47-41)32-18-14-28(22-26(32)2)30-16-20-40-36(24-30)34-10-6-8-12-38(34)46(40)4/h5-24H,1-4H3. The van der Waals surface area contributed by atoms with Gasteiger partial charge in [-0.1, -0.05) is 72.8 Å². The third-order valence-electron chi connectivity index (χ3n) is 9.83. The minimum absolute atomic E-state index is 0.526. The van der Waals surface area contributed by atoms with E-state index in [4.69, 9.17) is 4.42 Å². The fourth-order valence-corrected chi connectivity index (χ4v) is 7.30. The molecule has 0 aliphatic rings. The van der Waals surface area contributed by atoms with Crippen LogP contribution in [0.3, 0.4) is 0 Å². The van der Waals surface area contributed by atoms with Gasteiger partial charge in [-0.05, 0) is 95.8 Å². The second-order valence-electron chi connectivity index (χ2n) is 12.6. The number of hydrogen-bond donors (Lipinski definition) is 0. The van der Waals surface area contributed by atoms with Gasteiger partial charge in [0.1, 0.15) is 0 Å². The minimum Gasteiger partial charge on any atom is -0.416 e. The molecule has 0 saturated carbocycles. The highest BCUT2D eigenvalue weighted by molar-refractivity contribution is 6.10. The quantitative estimate of drug-likeness (QED) is 0.200. The Bertz CT molecular complexity index is 2500. The Morgan fingerprint density at radius 1 is 0.426 bits per heavy atom. The predicted molar refractivity (Wildman–Crippen MR) is 193 cm³/mol. The Morgan fingerprint density at radius 3 is 1.26 bits per heavy atom. The Kier molecular flexibility index (Phi) is 6.00. The molecule has 0 radical (unpaired) electrons. The molecule has 226 valence electrons. The van der Waals surface area contributed by atoms with Gasteiger partial charge < -0.3 is 13.6 Å². The first-order chi connectivity index (χ1) is 22.9. The molecule has 0 N–H and O–H groups in total. The van der Waals surface area contributed by atoms with Crippen LogP contribution in [-0.2, 0) is 14.1 Å². The first-order valence-electron chi connectivity index (χ1n) is 16.0. The molecule has 0 aliphatic heterocycles. The summed E-state index contributed by atoms with van der Waals surface area (Å²) in [6.07, 6.45) is 0. The van der Waals surface area contributed by atoms with Crippen LogP contribution in [0.25, 0.3) is 88.8 Å². The van der Waals surface area contributed by atoms with Gasteiger partial charge in [-0.2, -0.15) is 0 Å². The van der Waals surface area contributed by atoms with E-state index in [1.807, 2.05) is 0 Å².